The second-order valence-electron chi connectivity index (χ2n) is 18.4. The van der Waals surface area contributed by atoms with Crippen LogP contribution in [0.25, 0.3) is 10.4 Å². The highest BCUT2D eigenvalue weighted by Crippen LogP contribution is 2.41. The quantitative estimate of drug-likeness (QED) is 0.155. The number of thiophene rings is 1. The van der Waals surface area contributed by atoms with Crippen molar-refractivity contribution < 1.29 is 47.3 Å². The summed E-state index contributed by atoms with van der Waals surface area (Å²) in [7, 11) is 0. The largest absolute Gasteiger partial charge is 0.462 e. The van der Waals surface area contributed by atoms with Gasteiger partial charge in [0.25, 0.3) is 0 Å². The summed E-state index contributed by atoms with van der Waals surface area (Å²) in [5.74, 6) is -2.62. The fraction of sp³-hybridized carbons (Fsp3) is 0.545. The van der Waals surface area contributed by atoms with Gasteiger partial charge in [-0.2, -0.15) is 0 Å². The van der Waals surface area contributed by atoms with Crippen LogP contribution < -0.4 is 0 Å². The van der Waals surface area contributed by atoms with Gasteiger partial charge in [-0.25, -0.2) is 4.39 Å². The summed E-state index contributed by atoms with van der Waals surface area (Å²) in [6.45, 7) is 22.1. The van der Waals surface area contributed by atoms with E-state index in [-0.39, 0.29) is 12.4 Å². The minimum absolute atomic E-state index is 0.298. The van der Waals surface area contributed by atoms with Gasteiger partial charge in [-0.15, -0.1) is 11.3 Å². The molecule has 2 heterocycles. The van der Waals surface area contributed by atoms with Crippen LogP contribution in [0.5, 0.6) is 0 Å². The minimum atomic E-state index is -1.35. The van der Waals surface area contributed by atoms with E-state index >= 15 is 0 Å². The molecule has 0 amide bonds. The number of carbonyl (C=O) groups excluding carboxylic acids is 4. The fourth-order valence-electron chi connectivity index (χ4n) is 5.49. The minimum Gasteiger partial charge on any atom is -0.462 e. The van der Waals surface area contributed by atoms with Crippen LogP contribution in [0.3, 0.4) is 0 Å². The van der Waals surface area contributed by atoms with Crippen molar-refractivity contribution in [1.29, 1.82) is 0 Å². The molecule has 1 fully saturated rings. The number of hydrogen-bond donors (Lipinski definition) is 0. The van der Waals surface area contributed by atoms with Crippen LogP contribution in [-0.4, -0.2) is 54.9 Å². The Labute approximate surface area is 329 Å². The van der Waals surface area contributed by atoms with Gasteiger partial charge in [0.1, 0.15) is 24.6 Å². The molecule has 3 aromatic rings. The maximum atomic E-state index is 13.7. The number of aryl methyl sites for hydroxylation is 1. The summed E-state index contributed by atoms with van der Waals surface area (Å²) in [5.41, 5.74) is -0.255. The first-order valence-corrected chi connectivity index (χ1v) is 19.5. The fourth-order valence-corrected chi connectivity index (χ4v) is 6.52. The van der Waals surface area contributed by atoms with Crippen molar-refractivity contribution in [1.82, 2.24) is 0 Å². The maximum absolute atomic E-state index is 13.7. The number of halogens is 1. The van der Waals surface area contributed by atoms with Gasteiger partial charge in [-0.3, -0.25) is 19.2 Å². The lowest BCUT2D eigenvalue weighted by Gasteiger charge is -2.46. The van der Waals surface area contributed by atoms with E-state index in [1.807, 2.05) is 37.3 Å². The van der Waals surface area contributed by atoms with Gasteiger partial charge in [-0.1, -0.05) is 30.3 Å². The van der Waals surface area contributed by atoms with E-state index in [4.69, 9.17) is 23.7 Å². The lowest BCUT2D eigenvalue weighted by molar-refractivity contribution is -0.262. The van der Waals surface area contributed by atoms with E-state index in [9.17, 15) is 23.6 Å². The number of ether oxygens (including phenoxy) is 5. The number of esters is 4. The second-order valence-corrected chi connectivity index (χ2v) is 19.6. The Morgan fingerprint density at radius 3 is 1.69 bits per heavy atom. The summed E-state index contributed by atoms with van der Waals surface area (Å²) in [4.78, 5) is 56.1. The predicted molar refractivity (Wildman–Crippen MR) is 210 cm³/mol. The van der Waals surface area contributed by atoms with Crippen LogP contribution in [0.2, 0.25) is 0 Å². The van der Waals surface area contributed by atoms with Crippen LogP contribution in [-0.2, 0) is 49.3 Å². The summed E-state index contributed by atoms with van der Waals surface area (Å²) in [5, 5.41) is 0. The van der Waals surface area contributed by atoms with E-state index in [0.29, 0.717) is 12.0 Å². The van der Waals surface area contributed by atoms with Crippen molar-refractivity contribution in [2.75, 3.05) is 6.61 Å². The zero-order chi connectivity index (χ0) is 41.3. The number of hydrogen-bond acceptors (Lipinski definition) is 10. The lowest BCUT2D eigenvalue weighted by Crippen LogP contribution is -2.61. The third kappa shape index (κ3) is 11.3. The Morgan fingerprint density at radius 1 is 0.655 bits per heavy atom. The zero-order valence-corrected chi connectivity index (χ0v) is 35.3. The first-order valence-electron chi connectivity index (χ1n) is 18.7. The van der Waals surface area contributed by atoms with Gasteiger partial charge >= 0.3 is 23.9 Å². The van der Waals surface area contributed by atoms with E-state index in [2.05, 4.69) is 0 Å². The highest BCUT2D eigenvalue weighted by atomic mass is 32.1. The van der Waals surface area contributed by atoms with Crippen LogP contribution >= 0.6 is 11.3 Å². The molecule has 0 radical (unpaired) electrons. The molecule has 5 atom stereocenters. The Kier molecular flexibility index (Phi) is 13.1. The summed E-state index contributed by atoms with van der Waals surface area (Å²) in [6, 6.07) is 16.2. The molecule has 11 heteroatoms. The van der Waals surface area contributed by atoms with Gasteiger partial charge in [0.05, 0.1) is 21.7 Å². The molecular formula is C44H57FO9S. The second kappa shape index (κ2) is 16.6. The topological polar surface area (TPSA) is 114 Å². The van der Waals surface area contributed by atoms with Crippen molar-refractivity contribution >= 4 is 35.2 Å². The molecule has 1 aromatic heterocycles. The molecule has 300 valence electrons. The molecule has 1 aliphatic rings. The average molecular weight is 781 g/mol. The van der Waals surface area contributed by atoms with Crippen LogP contribution in [0, 0.1) is 34.4 Å². The molecule has 0 saturated carbocycles. The lowest BCUT2D eigenvalue weighted by atomic mass is 9.87. The van der Waals surface area contributed by atoms with Crippen molar-refractivity contribution in [3.05, 3.63) is 82.0 Å². The van der Waals surface area contributed by atoms with Gasteiger partial charge in [0.15, 0.2) is 18.3 Å². The molecule has 0 unspecified atom stereocenters. The molecule has 0 bridgehead atoms. The van der Waals surface area contributed by atoms with Gasteiger partial charge < -0.3 is 23.7 Å². The van der Waals surface area contributed by atoms with E-state index < -0.39 is 76.1 Å². The Hall–Kier alpha value is -4.09. The van der Waals surface area contributed by atoms with Crippen LogP contribution in [0.4, 0.5) is 4.39 Å². The molecule has 2 aromatic carbocycles. The molecule has 1 aliphatic heterocycles. The third-order valence-electron chi connectivity index (χ3n) is 9.05. The first-order chi connectivity index (χ1) is 25.3. The normalized spacial score (nSPS) is 20.7. The Bertz CT molecular complexity index is 1850. The van der Waals surface area contributed by atoms with Gasteiger partial charge in [0.2, 0.25) is 0 Å². The molecular weight excluding hydrogens is 724 g/mol. The number of benzene rings is 2. The van der Waals surface area contributed by atoms with Crippen LogP contribution in [0.1, 0.15) is 111 Å². The van der Waals surface area contributed by atoms with Crippen molar-refractivity contribution in [3.8, 4) is 10.4 Å². The monoisotopic (exact) mass is 780 g/mol. The maximum Gasteiger partial charge on any atom is 0.311 e. The van der Waals surface area contributed by atoms with Crippen molar-refractivity contribution in [2.45, 2.75) is 127 Å². The van der Waals surface area contributed by atoms with E-state index in [0.717, 1.165) is 26.4 Å². The highest BCUT2D eigenvalue weighted by molar-refractivity contribution is 7.15. The molecule has 0 spiro atoms. The molecule has 0 N–H and O–H groups in total. The first kappa shape index (κ1) is 43.6. The van der Waals surface area contributed by atoms with E-state index in [1.165, 1.54) is 12.1 Å². The molecule has 0 aliphatic carbocycles. The SMILES string of the molecule is Cc1ccc([C@H]2O[C@H](COC(=O)C(C)(C)C)[C@@H](OC(=O)C(C)(C)C)[C@H](OC(=O)C(C)(C)C)[C@H]2OC(=O)C(C)(C)C)cc1Cc1ccc(-c2ccc(F)cc2)s1. The predicted octanol–water partition coefficient (Wildman–Crippen LogP) is 9.36. The molecule has 1 saturated heterocycles. The summed E-state index contributed by atoms with van der Waals surface area (Å²) in [6.07, 6.45) is -5.53. The molecule has 4 rings (SSSR count). The van der Waals surface area contributed by atoms with Crippen molar-refractivity contribution in [3.63, 3.8) is 0 Å². The average Bonchev–Trinajstić information content (AvgIpc) is 3.53. The zero-order valence-electron chi connectivity index (χ0n) is 34.5. The standard InChI is InChI=1S/C44H57FO9S/c1-25-14-15-27(22-28(25)23-30-20-21-32(55-30)26-16-18-29(45)19-17-26)33-35(53-39(48)43(8,9)10)36(54-40(49)44(11,12)13)34(52-38(47)42(5,6)7)31(51-33)24-50-37(46)41(2,3)4/h14-22,31,33-36H,23-24H2,1-13H3/t31-,33-,34-,35+,36+/m1/s1. The van der Waals surface area contributed by atoms with Crippen molar-refractivity contribution in [2.24, 2.45) is 21.7 Å². The van der Waals surface area contributed by atoms with Gasteiger partial charge in [-0.05, 0) is 137 Å². The Morgan fingerprint density at radius 2 is 1.16 bits per heavy atom. The van der Waals surface area contributed by atoms with Crippen LogP contribution in [0.15, 0.2) is 54.6 Å². The molecule has 55 heavy (non-hydrogen) atoms. The third-order valence-corrected chi connectivity index (χ3v) is 10.2. The number of rotatable bonds is 9. The van der Waals surface area contributed by atoms with Gasteiger partial charge in [0, 0.05) is 16.2 Å². The van der Waals surface area contributed by atoms with E-state index in [1.54, 1.807) is 107 Å². The Balaban J connectivity index is 1.85. The highest BCUT2D eigenvalue weighted by Gasteiger charge is 2.55. The summed E-state index contributed by atoms with van der Waals surface area (Å²) >= 11 is 1.60. The molecule has 9 nitrogen and oxygen atoms in total. The summed E-state index contributed by atoms with van der Waals surface area (Å²) < 4.78 is 44.7. The smallest absolute Gasteiger partial charge is 0.311 e. The number of carbonyl (C=O) groups is 4.